The largest absolute Gasteiger partial charge is 0.322 e. The Hall–Kier alpha value is -2.50. The van der Waals surface area contributed by atoms with Crippen molar-refractivity contribution in [1.82, 2.24) is 0 Å². The molecule has 2 amide bonds. The Morgan fingerprint density at radius 3 is 2.30 bits per heavy atom. The lowest BCUT2D eigenvalue weighted by molar-refractivity contribution is -0.915. The Kier molecular flexibility index (Phi) is 4.56. The van der Waals surface area contributed by atoms with Gasteiger partial charge in [0, 0.05) is 23.4 Å². The molecule has 5 nitrogen and oxygen atoms in total. The molecule has 0 aromatic heterocycles. The van der Waals surface area contributed by atoms with Crippen LogP contribution in [0.2, 0.25) is 5.02 Å². The monoisotopic (exact) mass is 423 g/mol. The van der Waals surface area contributed by atoms with Crippen LogP contribution in [0, 0.1) is 25.7 Å². The lowest BCUT2D eigenvalue weighted by Crippen LogP contribution is -3.16. The third-order valence-electron chi connectivity index (χ3n) is 6.92. The van der Waals surface area contributed by atoms with Gasteiger partial charge in [0.15, 0.2) is 6.04 Å². The number of carbonyl (C=O) groups excluding carboxylic acids is 3. The Morgan fingerprint density at radius 2 is 1.63 bits per heavy atom. The minimum Gasteiger partial charge on any atom is -0.322 e. The highest BCUT2D eigenvalue weighted by Crippen LogP contribution is 2.40. The molecule has 5 atom stereocenters. The van der Waals surface area contributed by atoms with Crippen LogP contribution in [0.15, 0.2) is 42.5 Å². The molecule has 0 bridgehead atoms. The summed E-state index contributed by atoms with van der Waals surface area (Å²) in [5.74, 6) is -1.46. The molecular weight excluding hydrogens is 400 g/mol. The first-order chi connectivity index (χ1) is 14.4. The van der Waals surface area contributed by atoms with Crippen molar-refractivity contribution < 1.29 is 19.3 Å². The van der Waals surface area contributed by atoms with Crippen molar-refractivity contribution in [3.63, 3.8) is 0 Å². The van der Waals surface area contributed by atoms with Gasteiger partial charge in [0.1, 0.15) is 17.9 Å². The van der Waals surface area contributed by atoms with Crippen molar-refractivity contribution in [1.29, 1.82) is 0 Å². The molecule has 1 N–H and O–H groups in total. The van der Waals surface area contributed by atoms with E-state index < -0.39 is 17.9 Å². The molecule has 2 aromatic rings. The zero-order valence-electron chi connectivity index (χ0n) is 17.0. The SMILES string of the molecule is Cc1cc(C)cc(N2C(=O)[C@@H]3[C@H](C2=O)[C@H]2CCC[NH+]2[C@@H]3C(=O)c2ccc(Cl)cc2)c1. The van der Waals surface area contributed by atoms with Crippen molar-refractivity contribution in [3.8, 4) is 0 Å². The van der Waals surface area contributed by atoms with Crippen LogP contribution in [0.5, 0.6) is 0 Å². The smallest absolute Gasteiger partial charge is 0.244 e. The van der Waals surface area contributed by atoms with E-state index in [4.69, 9.17) is 11.6 Å². The Labute approximate surface area is 180 Å². The number of imide groups is 1. The van der Waals surface area contributed by atoms with E-state index in [1.54, 1.807) is 24.3 Å². The summed E-state index contributed by atoms with van der Waals surface area (Å²) < 4.78 is 0. The van der Waals surface area contributed by atoms with E-state index in [0.29, 0.717) is 16.3 Å². The summed E-state index contributed by atoms with van der Waals surface area (Å²) >= 11 is 5.99. The molecule has 3 fully saturated rings. The second-order valence-corrected chi connectivity index (χ2v) is 9.27. The average molecular weight is 424 g/mol. The van der Waals surface area contributed by atoms with Crippen molar-refractivity contribution in [2.24, 2.45) is 11.8 Å². The molecule has 1 unspecified atom stereocenters. The second-order valence-electron chi connectivity index (χ2n) is 8.83. The number of nitrogens with zero attached hydrogens (tertiary/aromatic N) is 1. The molecule has 0 spiro atoms. The summed E-state index contributed by atoms with van der Waals surface area (Å²) in [5, 5.41) is 0.565. The Balaban J connectivity index is 1.56. The number of hydrogen-bond donors (Lipinski definition) is 1. The summed E-state index contributed by atoms with van der Waals surface area (Å²) in [5.41, 5.74) is 3.18. The van der Waals surface area contributed by atoms with Gasteiger partial charge in [-0.25, -0.2) is 4.90 Å². The molecule has 3 saturated heterocycles. The number of amides is 2. The number of fused-ring (bicyclic) bond motifs is 3. The molecule has 5 rings (SSSR count). The van der Waals surface area contributed by atoms with Crippen LogP contribution in [-0.2, 0) is 9.59 Å². The van der Waals surface area contributed by atoms with Gasteiger partial charge >= 0.3 is 0 Å². The van der Waals surface area contributed by atoms with Crippen molar-refractivity contribution in [2.45, 2.75) is 38.8 Å². The van der Waals surface area contributed by atoms with Gasteiger partial charge in [-0.1, -0.05) is 17.7 Å². The summed E-state index contributed by atoms with van der Waals surface area (Å²) in [6, 6.07) is 12.1. The van der Waals surface area contributed by atoms with Crippen LogP contribution in [0.1, 0.15) is 34.3 Å². The second kappa shape index (κ2) is 7.03. The van der Waals surface area contributed by atoms with Crippen LogP contribution < -0.4 is 9.80 Å². The fraction of sp³-hybridized carbons (Fsp3) is 0.375. The lowest BCUT2D eigenvalue weighted by Gasteiger charge is -2.25. The molecule has 6 heteroatoms. The zero-order chi connectivity index (χ0) is 21.2. The van der Waals surface area contributed by atoms with Crippen molar-refractivity contribution >= 4 is 34.9 Å². The number of ketones is 1. The molecule has 30 heavy (non-hydrogen) atoms. The Morgan fingerprint density at radius 1 is 1.00 bits per heavy atom. The van der Waals surface area contributed by atoms with E-state index in [1.807, 2.05) is 32.0 Å². The molecule has 3 aliphatic rings. The van der Waals surface area contributed by atoms with Crippen LogP contribution >= 0.6 is 11.6 Å². The van der Waals surface area contributed by atoms with Crippen molar-refractivity contribution in [3.05, 3.63) is 64.2 Å². The number of nitrogens with one attached hydrogen (secondary N) is 1. The van der Waals surface area contributed by atoms with Crippen LogP contribution in [0.3, 0.4) is 0 Å². The summed E-state index contributed by atoms with van der Waals surface area (Å²) in [6.45, 7) is 4.74. The summed E-state index contributed by atoms with van der Waals surface area (Å²) in [6.07, 6.45) is 1.85. The number of aryl methyl sites for hydroxylation is 2. The van der Waals surface area contributed by atoms with Gasteiger partial charge in [0.25, 0.3) is 0 Å². The quantitative estimate of drug-likeness (QED) is 0.609. The number of rotatable bonds is 3. The number of Topliss-reactive ketones (excluding diaryl/α,β-unsaturated/α-hetero) is 1. The van der Waals surface area contributed by atoms with Crippen LogP contribution in [-0.4, -0.2) is 36.2 Å². The van der Waals surface area contributed by atoms with Gasteiger partial charge in [-0.15, -0.1) is 0 Å². The molecule has 2 aromatic carbocycles. The maximum Gasteiger partial charge on any atom is 0.244 e. The maximum atomic E-state index is 13.6. The van der Waals surface area contributed by atoms with Gasteiger partial charge in [-0.3, -0.25) is 14.4 Å². The highest BCUT2D eigenvalue weighted by atomic mass is 35.5. The topological polar surface area (TPSA) is 58.9 Å². The minimum absolute atomic E-state index is 0.0311. The third-order valence-corrected chi connectivity index (χ3v) is 7.17. The fourth-order valence-corrected chi connectivity index (χ4v) is 6.00. The molecule has 3 heterocycles. The predicted octanol–water partition coefficient (Wildman–Crippen LogP) is 2.37. The average Bonchev–Trinajstić information content (AvgIpc) is 3.33. The molecule has 0 saturated carbocycles. The zero-order valence-corrected chi connectivity index (χ0v) is 17.8. The number of hydrogen-bond acceptors (Lipinski definition) is 3. The predicted molar refractivity (Wildman–Crippen MR) is 114 cm³/mol. The molecule has 3 aliphatic heterocycles. The minimum atomic E-state index is -0.596. The number of anilines is 1. The lowest BCUT2D eigenvalue weighted by atomic mass is 9.85. The standard InChI is InChI=1S/C24H23ClN2O3/c1-13-10-14(2)12-17(11-13)27-23(29)19-18-4-3-9-26(18)21(20(19)24(27)30)22(28)15-5-7-16(25)8-6-15/h5-8,10-12,18-21H,3-4,9H2,1-2H3/p+1/t18-,19-,20-,21+/m1/s1. The number of quaternary nitrogens is 1. The van der Waals surface area contributed by atoms with E-state index >= 15 is 0 Å². The summed E-state index contributed by atoms with van der Waals surface area (Å²) in [4.78, 5) is 43.0. The molecule has 0 aliphatic carbocycles. The van der Waals surface area contributed by atoms with Crippen LogP contribution in [0.4, 0.5) is 5.69 Å². The number of benzene rings is 2. The van der Waals surface area contributed by atoms with Gasteiger partial charge < -0.3 is 4.90 Å². The van der Waals surface area contributed by atoms with Gasteiger partial charge in [0.2, 0.25) is 17.6 Å². The number of halogens is 1. The summed E-state index contributed by atoms with van der Waals surface area (Å²) in [7, 11) is 0. The first-order valence-corrected chi connectivity index (χ1v) is 10.9. The van der Waals surface area contributed by atoms with E-state index in [1.165, 1.54) is 4.90 Å². The van der Waals surface area contributed by atoms with E-state index in [2.05, 4.69) is 0 Å². The van der Waals surface area contributed by atoms with E-state index in [0.717, 1.165) is 35.4 Å². The maximum absolute atomic E-state index is 13.6. The van der Waals surface area contributed by atoms with Gasteiger partial charge in [-0.05, 0) is 61.4 Å². The van der Waals surface area contributed by atoms with Crippen molar-refractivity contribution in [2.75, 3.05) is 11.4 Å². The first-order valence-electron chi connectivity index (χ1n) is 10.5. The highest BCUT2D eigenvalue weighted by molar-refractivity contribution is 6.30. The molecular formula is C24H24ClN2O3+. The molecule has 154 valence electrons. The van der Waals surface area contributed by atoms with E-state index in [-0.39, 0.29) is 23.6 Å². The Bertz CT molecular complexity index is 1040. The van der Waals surface area contributed by atoms with E-state index in [9.17, 15) is 14.4 Å². The normalized spacial score (nSPS) is 30.0. The number of carbonyl (C=O) groups is 3. The molecule has 0 radical (unpaired) electrons. The fourth-order valence-electron chi connectivity index (χ4n) is 5.87. The highest BCUT2D eigenvalue weighted by Gasteiger charge is 2.68. The first kappa shape index (κ1) is 19.5. The van der Waals surface area contributed by atoms with Gasteiger partial charge in [0.05, 0.1) is 12.2 Å². The third kappa shape index (κ3) is 2.83. The van der Waals surface area contributed by atoms with Gasteiger partial charge in [-0.2, -0.15) is 0 Å². The van der Waals surface area contributed by atoms with Crippen LogP contribution in [0.25, 0.3) is 0 Å².